The van der Waals surface area contributed by atoms with E-state index in [1.165, 1.54) is 11.1 Å². The smallest absolute Gasteiger partial charge is 0.229 e. The molecule has 4 rings (SSSR count). The quantitative estimate of drug-likeness (QED) is 0.752. The molecule has 0 bridgehead atoms. The molecule has 0 aliphatic carbocycles. The lowest BCUT2D eigenvalue weighted by atomic mass is 9.96. The number of aromatic nitrogens is 2. The van der Waals surface area contributed by atoms with Crippen LogP contribution in [0.4, 0.5) is 17.5 Å². The summed E-state index contributed by atoms with van der Waals surface area (Å²) < 4.78 is 0. The van der Waals surface area contributed by atoms with E-state index in [0.717, 1.165) is 36.6 Å². The summed E-state index contributed by atoms with van der Waals surface area (Å²) in [5, 5.41) is 13.0. The first-order valence-corrected chi connectivity index (χ1v) is 8.89. The van der Waals surface area contributed by atoms with Crippen molar-refractivity contribution in [1.82, 2.24) is 9.97 Å². The van der Waals surface area contributed by atoms with Gasteiger partial charge in [-0.05, 0) is 48.2 Å². The molecule has 1 aromatic heterocycles. The summed E-state index contributed by atoms with van der Waals surface area (Å²) in [6.45, 7) is 3.52. The molecule has 3 aromatic rings. The van der Waals surface area contributed by atoms with Crippen LogP contribution in [0.25, 0.3) is 0 Å². The van der Waals surface area contributed by atoms with Crippen molar-refractivity contribution in [1.29, 1.82) is 0 Å². The molecule has 0 unspecified atom stereocenters. The predicted molar refractivity (Wildman–Crippen MR) is 104 cm³/mol. The molecule has 0 saturated heterocycles. The van der Waals surface area contributed by atoms with Gasteiger partial charge in [0, 0.05) is 25.0 Å². The first kappa shape index (κ1) is 16.5. The summed E-state index contributed by atoms with van der Waals surface area (Å²) >= 11 is 0. The van der Waals surface area contributed by atoms with E-state index < -0.39 is 6.10 Å². The monoisotopic (exact) mass is 346 g/mol. The van der Waals surface area contributed by atoms with Crippen LogP contribution < -0.4 is 10.2 Å². The third kappa shape index (κ3) is 3.53. The van der Waals surface area contributed by atoms with E-state index in [1.807, 2.05) is 42.5 Å². The first-order valence-electron chi connectivity index (χ1n) is 8.89. The number of hydrogen-bond donors (Lipinski definition) is 2. The topological polar surface area (TPSA) is 61.3 Å². The number of para-hydroxylation sites is 1. The lowest BCUT2D eigenvalue weighted by Crippen LogP contribution is -2.31. The second kappa shape index (κ2) is 7.14. The summed E-state index contributed by atoms with van der Waals surface area (Å²) in [5.41, 5.74) is 4.56. The molecule has 26 heavy (non-hydrogen) atoms. The third-order valence-corrected chi connectivity index (χ3v) is 4.72. The van der Waals surface area contributed by atoms with Crippen LogP contribution in [0.1, 0.15) is 29.7 Å². The van der Waals surface area contributed by atoms with E-state index in [4.69, 9.17) is 0 Å². The van der Waals surface area contributed by atoms with E-state index in [2.05, 4.69) is 32.3 Å². The summed E-state index contributed by atoms with van der Waals surface area (Å²) in [6.07, 6.45) is 2.31. The standard InChI is InChI=1S/C21H22N4O/c1-15(26)16-7-8-18-14-25(12-10-17(18)13-16)20-9-11-22-21(24-20)23-19-5-3-2-4-6-19/h2-9,11,13,15,26H,10,12,14H2,1H3,(H,22,23,24)/t15-/m1/s1. The number of aliphatic hydroxyl groups is 1. The molecule has 0 radical (unpaired) electrons. The third-order valence-electron chi connectivity index (χ3n) is 4.72. The molecule has 1 aliphatic rings. The van der Waals surface area contributed by atoms with E-state index in [1.54, 1.807) is 13.1 Å². The Bertz CT molecular complexity index is 896. The van der Waals surface area contributed by atoms with Crippen molar-refractivity contribution in [2.24, 2.45) is 0 Å². The number of fused-ring (bicyclic) bond motifs is 1. The van der Waals surface area contributed by atoms with E-state index in [-0.39, 0.29) is 0 Å². The molecule has 5 nitrogen and oxygen atoms in total. The fourth-order valence-corrected chi connectivity index (χ4v) is 3.26. The molecule has 2 N–H and O–H groups in total. The Balaban J connectivity index is 1.53. The Kier molecular flexibility index (Phi) is 4.54. The van der Waals surface area contributed by atoms with Gasteiger partial charge in [-0.3, -0.25) is 0 Å². The molecule has 2 aromatic carbocycles. The second-order valence-corrected chi connectivity index (χ2v) is 6.61. The van der Waals surface area contributed by atoms with Crippen LogP contribution >= 0.6 is 0 Å². The average Bonchev–Trinajstić information content (AvgIpc) is 2.68. The van der Waals surface area contributed by atoms with Crippen molar-refractivity contribution >= 4 is 17.5 Å². The van der Waals surface area contributed by atoms with Crippen molar-refractivity contribution in [3.05, 3.63) is 77.5 Å². The molecule has 1 aliphatic heterocycles. The van der Waals surface area contributed by atoms with Crippen molar-refractivity contribution in [2.75, 3.05) is 16.8 Å². The number of anilines is 3. The fourth-order valence-electron chi connectivity index (χ4n) is 3.26. The number of hydrogen-bond acceptors (Lipinski definition) is 5. The van der Waals surface area contributed by atoms with Crippen LogP contribution in [-0.2, 0) is 13.0 Å². The van der Waals surface area contributed by atoms with Crippen LogP contribution in [0, 0.1) is 0 Å². The van der Waals surface area contributed by atoms with Gasteiger partial charge in [-0.15, -0.1) is 0 Å². The maximum atomic E-state index is 9.77. The molecule has 0 amide bonds. The summed E-state index contributed by atoms with van der Waals surface area (Å²) in [6, 6.07) is 18.1. The molecule has 132 valence electrons. The lowest BCUT2D eigenvalue weighted by Gasteiger charge is -2.30. The Labute approximate surface area is 153 Å². The average molecular weight is 346 g/mol. The minimum atomic E-state index is -0.424. The van der Waals surface area contributed by atoms with E-state index in [0.29, 0.717) is 5.95 Å². The summed E-state index contributed by atoms with van der Waals surface area (Å²) in [5.74, 6) is 1.52. The molecular weight excluding hydrogens is 324 g/mol. The normalized spacial score (nSPS) is 14.6. The van der Waals surface area contributed by atoms with Gasteiger partial charge < -0.3 is 15.3 Å². The first-order chi connectivity index (χ1) is 12.7. The minimum Gasteiger partial charge on any atom is -0.389 e. The van der Waals surface area contributed by atoms with Crippen molar-refractivity contribution in [2.45, 2.75) is 26.0 Å². The zero-order chi connectivity index (χ0) is 17.9. The minimum absolute atomic E-state index is 0.424. The van der Waals surface area contributed by atoms with Crippen LogP contribution in [0.2, 0.25) is 0 Å². The Morgan fingerprint density at radius 1 is 1.08 bits per heavy atom. The van der Waals surface area contributed by atoms with Crippen LogP contribution in [-0.4, -0.2) is 21.6 Å². The maximum absolute atomic E-state index is 9.77. The molecule has 0 fully saturated rings. The van der Waals surface area contributed by atoms with Crippen LogP contribution in [0.3, 0.4) is 0 Å². The zero-order valence-electron chi connectivity index (χ0n) is 14.8. The number of aliphatic hydroxyl groups excluding tert-OH is 1. The van der Waals surface area contributed by atoms with Gasteiger partial charge in [-0.25, -0.2) is 4.98 Å². The number of nitrogens with one attached hydrogen (secondary N) is 1. The maximum Gasteiger partial charge on any atom is 0.229 e. The highest BCUT2D eigenvalue weighted by Gasteiger charge is 2.19. The Morgan fingerprint density at radius 3 is 2.73 bits per heavy atom. The second-order valence-electron chi connectivity index (χ2n) is 6.61. The van der Waals surface area contributed by atoms with Crippen LogP contribution in [0.15, 0.2) is 60.8 Å². The highest BCUT2D eigenvalue weighted by Crippen LogP contribution is 2.26. The van der Waals surface area contributed by atoms with Gasteiger partial charge in [0.2, 0.25) is 5.95 Å². The van der Waals surface area contributed by atoms with Crippen molar-refractivity contribution in [3.8, 4) is 0 Å². The number of benzene rings is 2. The predicted octanol–water partition coefficient (Wildman–Crippen LogP) is 3.84. The Morgan fingerprint density at radius 2 is 1.92 bits per heavy atom. The van der Waals surface area contributed by atoms with Crippen LogP contribution in [0.5, 0.6) is 0 Å². The SMILES string of the molecule is C[C@@H](O)c1ccc2c(c1)CCN(c1ccnc(Nc3ccccc3)n1)C2. The molecule has 0 spiro atoms. The van der Waals surface area contributed by atoms with Gasteiger partial charge in [0.15, 0.2) is 0 Å². The number of rotatable bonds is 4. The lowest BCUT2D eigenvalue weighted by molar-refractivity contribution is 0.199. The molecule has 5 heteroatoms. The molecule has 1 atom stereocenters. The van der Waals surface area contributed by atoms with Gasteiger partial charge in [-0.1, -0.05) is 36.4 Å². The van der Waals surface area contributed by atoms with Gasteiger partial charge in [-0.2, -0.15) is 4.98 Å². The van der Waals surface area contributed by atoms with Crippen molar-refractivity contribution < 1.29 is 5.11 Å². The fraction of sp³-hybridized carbons (Fsp3) is 0.238. The molecular formula is C21H22N4O. The van der Waals surface area contributed by atoms with E-state index >= 15 is 0 Å². The highest BCUT2D eigenvalue weighted by atomic mass is 16.3. The van der Waals surface area contributed by atoms with Crippen molar-refractivity contribution in [3.63, 3.8) is 0 Å². The highest BCUT2D eigenvalue weighted by molar-refractivity contribution is 5.55. The number of nitrogens with zero attached hydrogens (tertiary/aromatic N) is 3. The Hall–Kier alpha value is -2.92. The van der Waals surface area contributed by atoms with Gasteiger partial charge in [0.05, 0.1) is 6.10 Å². The van der Waals surface area contributed by atoms with E-state index in [9.17, 15) is 5.11 Å². The molecule has 0 saturated carbocycles. The van der Waals surface area contributed by atoms with Gasteiger partial charge in [0.1, 0.15) is 5.82 Å². The largest absolute Gasteiger partial charge is 0.389 e. The summed E-state index contributed by atoms with van der Waals surface area (Å²) in [7, 11) is 0. The van der Waals surface area contributed by atoms with Gasteiger partial charge in [0.25, 0.3) is 0 Å². The molecule has 2 heterocycles. The summed E-state index contributed by atoms with van der Waals surface area (Å²) in [4.78, 5) is 11.3. The zero-order valence-corrected chi connectivity index (χ0v) is 14.8. The van der Waals surface area contributed by atoms with Gasteiger partial charge >= 0.3 is 0 Å².